The van der Waals surface area contributed by atoms with Gasteiger partial charge in [0.15, 0.2) is 5.01 Å². The number of alkyl halides is 3. The molecule has 0 bridgehead atoms. The second-order valence-corrected chi connectivity index (χ2v) is 5.45. The van der Waals surface area contributed by atoms with Crippen LogP contribution in [0.25, 0.3) is 0 Å². The second-order valence-electron chi connectivity index (χ2n) is 3.54. The molecule has 0 aromatic carbocycles. The average molecular weight is 353 g/mol. The summed E-state index contributed by atoms with van der Waals surface area (Å²) in [5.74, 6) is 5.41. The first-order chi connectivity index (χ1) is 8.93. The third kappa shape index (κ3) is 3.11. The largest absolute Gasteiger partial charge is 0.443 e. The second kappa shape index (κ2) is 5.53. The molecule has 0 aliphatic heterocycles. The van der Waals surface area contributed by atoms with Crippen molar-refractivity contribution in [1.29, 1.82) is 0 Å². The third-order valence-corrected chi connectivity index (χ3v) is 4.06. The van der Waals surface area contributed by atoms with Gasteiger partial charge in [0.25, 0.3) is 0 Å². The molecule has 0 saturated heterocycles. The summed E-state index contributed by atoms with van der Waals surface area (Å²) >= 11 is 3.82. The number of nitrogens with two attached hydrogens (primary N) is 1. The fraction of sp³-hybridized carbons (Fsp3) is 0.200. The van der Waals surface area contributed by atoms with E-state index in [1.807, 2.05) is 0 Å². The molecular formula is C10H8BrF3N4S. The normalized spacial score (nSPS) is 13.5. The zero-order valence-corrected chi connectivity index (χ0v) is 11.7. The molecule has 2 aromatic heterocycles. The van der Waals surface area contributed by atoms with E-state index in [-0.39, 0.29) is 0 Å². The Morgan fingerprint density at radius 3 is 2.63 bits per heavy atom. The van der Waals surface area contributed by atoms with E-state index >= 15 is 0 Å². The number of nitrogens with zero attached hydrogens (tertiary/aromatic N) is 2. The highest BCUT2D eigenvalue weighted by Gasteiger charge is 2.35. The molecule has 1 atom stereocenters. The summed E-state index contributed by atoms with van der Waals surface area (Å²) < 4.78 is 38.2. The zero-order valence-electron chi connectivity index (χ0n) is 9.28. The Balaban J connectivity index is 2.38. The van der Waals surface area contributed by atoms with Crippen LogP contribution in [-0.2, 0) is 6.18 Å². The summed E-state index contributed by atoms with van der Waals surface area (Å²) in [4.78, 5) is 7.81. The summed E-state index contributed by atoms with van der Waals surface area (Å²) in [5.41, 5.74) is 2.95. The minimum atomic E-state index is -4.45. The molecule has 2 aromatic rings. The van der Waals surface area contributed by atoms with Gasteiger partial charge in [0.05, 0.1) is 5.69 Å². The summed E-state index contributed by atoms with van der Waals surface area (Å²) in [6.07, 6.45) is -1.77. The van der Waals surface area contributed by atoms with Crippen LogP contribution in [0.3, 0.4) is 0 Å². The average Bonchev–Trinajstić information content (AvgIpc) is 2.82. The van der Waals surface area contributed by atoms with Crippen LogP contribution in [-0.4, -0.2) is 9.97 Å². The quantitative estimate of drug-likeness (QED) is 0.658. The van der Waals surface area contributed by atoms with E-state index in [9.17, 15) is 13.2 Å². The molecule has 4 nitrogen and oxygen atoms in total. The summed E-state index contributed by atoms with van der Waals surface area (Å²) in [6.45, 7) is 0. The number of rotatable bonds is 3. The molecule has 0 spiro atoms. The topological polar surface area (TPSA) is 63.8 Å². The first-order valence-electron chi connectivity index (χ1n) is 5.03. The summed E-state index contributed by atoms with van der Waals surface area (Å²) in [6, 6.07) is 2.79. The van der Waals surface area contributed by atoms with Gasteiger partial charge in [-0.15, -0.1) is 11.3 Å². The predicted octanol–water partition coefficient (Wildman–Crippen LogP) is 2.87. The lowest BCUT2D eigenvalue weighted by molar-refractivity contribution is -0.137. The van der Waals surface area contributed by atoms with E-state index in [1.165, 1.54) is 6.20 Å². The smallest absolute Gasteiger partial charge is 0.270 e. The molecule has 0 aliphatic rings. The molecule has 2 heterocycles. The van der Waals surface area contributed by atoms with Crippen LogP contribution in [0.5, 0.6) is 0 Å². The maximum atomic E-state index is 12.5. The predicted molar refractivity (Wildman–Crippen MR) is 68.2 cm³/mol. The zero-order chi connectivity index (χ0) is 14.0. The van der Waals surface area contributed by atoms with E-state index in [0.717, 1.165) is 6.20 Å². The minimum absolute atomic E-state index is 0.342. The number of hydrazine groups is 1. The van der Waals surface area contributed by atoms with Crippen molar-refractivity contribution in [3.05, 3.63) is 44.6 Å². The lowest BCUT2D eigenvalue weighted by atomic mass is 10.2. The number of hydrogen-bond acceptors (Lipinski definition) is 5. The number of nitrogens with one attached hydrogen (secondary N) is 1. The van der Waals surface area contributed by atoms with Crippen LogP contribution < -0.4 is 11.3 Å². The molecule has 0 aliphatic carbocycles. The van der Waals surface area contributed by atoms with Gasteiger partial charge >= 0.3 is 6.18 Å². The van der Waals surface area contributed by atoms with Crippen LogP contribution in [0.4, 0.5) is 13.2 Å². The van der Waals surface area contributed by atoms with E-state index < -0.39 is 17.2 Å². The number of aromatic nitrogens is 2. The summed E-state index contributed by atoms with van der Waals surface area (Å²) in [5, 5.41) is -0.908. The van der Waals surface area contributed by atoms with Gasteiger partial charge in [-0.1, -0.05) is 0 Å². The first-order valence-corrected chi connectivity index (χ1v) is 6.64. The van der Waals surface area contributed by atoms with Crippen molar-refractivity contribution in [2.45, 2.75) is 12.2 Å². The van der Waals surface area contributed by atoms with Gasteiger partial charge in [-0.2, -0.15) is 13.2 Å². The van der Waals surface area contributed by atoms with Crippen molar-refractivity contribution in [1.82, 2.24) is 15.4 Å². The molecule has 1 unspecified atom stereocenters. The van der Waals surface area contributed by atoms with Gasteiger partial charge in [-0.25, -0.2) is 10.4 Å². The molecule has 0 fully saturated rings. The Hall–Kier alpha value is -1.03. The van der Waals surface area contributed by atoms with Crippen LogP contribution in [0.2, 0.25) is 0 Å². The molecule has 102 valence electrons. The lowest BCUT2D eigenvalue weighted by Gasteiger charge is -2.14. The Morgan fingerprint density at radius 2 is 2.11 bits per heavy atom. The molecule has 19 heavy (non-hydrogen) atoms. The molecular weight excluding hydrogens is 345 g/mol. The van der Waals surface area contributed by atoms with Gasteiger partial charge in [0, 0.05) is 21.7 Å². The lowest BCUT2D eigenvalue weighted by Crippen LogP contribution is -2.29. The molecule has 0 saturated carbocycles. The van der Waals surface area contributed by atoms with E-state index in [2.05, 4.69) is 31.3 Å². The van der Waals surface area contributed by atoms with E-state index in [0.29, 0.717) is 26.4 Å². The highest BCUT2D eigenvalue weighted by atomic mass is 79.9. The minimum Gasteiger partial charge on any atom is -0.270 e. The maximum Gasteiger partial charge on any atom is 0.443 e. The van der Waals surface area contributed by atoms with Crippen LogP contribution in [0, 0.1) is 0 Å². The first kappa shape index (κ1) is 14.4. The fourth-order valence-corrected chi connectivity index (χ4v) is 2.79. The highest BCUT2D eigenvalue weighted by Crippen LogP contribution is 2.36. The third-order valence-electron chi connectivity index (χ3n) is 2.28. The van der Waals surface area contributed by atoms with Crippen molar-refractivity contribution in [3.63, 3.8) is 0 Å². The van der Waals surface area contributed by atoms with Crippen molar-refractivity contribution in [2.75, 3.05) is 0 Å². The van der Waals surface area contributed by atoms with Crippen molar-refractivity contribution < 1.29 is 13.2 Å². The molecule has 9 heteroatoms. The van der Waals surface area contributed by atoms with Crippen molar-refractivity contribution in [2.24, 2.45) is 5.84 Å². The van der Waals surface area contributed by atoms with Gasteiger partial charge in [0.1, 0.15) is 6.04 Å². The number of thiazole rings is 1. The SMILES string of the molecule is NNC(c1cnc(C(F)(F)F)s1)c1ncccc1Br. The number of hydrogen-bond donors (Lipinski definition) is 2. The highest BCUT2D eigenvalue weighted by molar-refractivity contribution is 9.10. The van der Waals surface area contributed by atoms with Crippen molar-refractivity contribution in [3.8, 4) is 0 Å². The Labute approximate surface area is 119 Å². The standard InChI is InChI=1S/C10H8BrF3N4S/c11-5-2-1-3-16-7(5)8(18-15)6-4-17-9(19-6)10(12,13)14/h1-4,8,18H,15H2. The Morgan fingerprint density at radius 1 is 1.37 bits per heavy atom. The number of halogens is 4. The van der Waals surface area contributed by atoms with E-state index in [1.54, 1.807) is 12.1 Å². The van der Waals surface area contributed by atoms with Crippen molar-refractivity contribution >= 4 is 27.3 Å². The van der Waals surface area contributed by atoms with Gasteiger partial charge < -0.3 is 0 Å². The van der Waals surface area contributed by atoms with Gasteiger partial charge in [-0.05, 0) is 28.1 Å². The molecule has 0 amide bonds. The summed E-state index contributed by atoms with van der Waals surface area (Å²) in [7, 11) is 0. The van der Waals surface area contributed by atoms with Crippen LogP contribution in [0.15, 0.2) is 29.0 Å². The molecule has 0 radical (unpaired) electrons. The van der Waals surface area contributed by atoms with Crippen LogP contribution >= 0.6 is 27.3 Å². The molecule has 3 N–H and O–H groups in total. The monoisotopic (exact) mass is 352 g/mol. The van der Waals surface area contributed by atoms with Gasteiger partial charge in [0.2, 0.25) is 0 Å². The Bertz CT molecular complexity index is 572. The fourth-order valence-electron chi connectivity index (χ4n) is 1.46. The van der Waals surface area contributed by atoms with Crippen LogP contribution in [0.1, 0.15) is 21.6 Å². The molecule has 2 rings (SSSR count). The van der Waals surface area contributed by atoms with Gasteiger partial charge in [-0.3, -0.25) is 10.8 Å². The Kier molecular flexibility index (Phi) is 4.19. The maximum absolute atomic E-state index is 12.5. The van der Waals surface area contributed by atoms with E-state index in [4.69, 9.17) is 5.84 Å². The number of pyridine rings is 1.